The minimum absolute atomic E-state index is 0.301. The molecule has 2 aromatic rings. The Kier molecular flexibility index (Phi) is 5.56. The Hall–Kier alpha value is -2.41. The number of carboxylic acids is 1. The third-order valence-electron chi connectivity index (χ3n) is 3.92. The smallest absolute Gasteiger partial charge is 0.325 e. The molecule has 0 spiro atoms. The first-order valence-electron chi connectivity index (χ1n) is 7.78. The maximum absolute atomic E-state index is 11.9. The molecule has 2 rings (SSSR count). The highest BCUT2D eigenvalue weighted by atomic mass is 16.5. The maximum atomic E-state index is 11.9. The van der Waals surface area contributed by atoms with E-state index in [4.69, 9.17) is 9.26 Å². The first-order chi connectivity index (χ1) is 11.4. The van der Waals surface area contributed by atoms with Gasteiger partial charge in [0.05, 0.1) is 13.7 Å². The van der Waals surface area contributed by atoms with Crippen LogP contribution in [0.2, 0.25) is 0 Å². The second-order valence-corrected chi connectivity index (χ2v) is 5.72. The fourth-order valence-electron chi connectivity index (χ4n) is 2.95. The third-order valence-corrected chi connectivity index (χ3v) is 3.92. The Morgan fingerprint density at radius 1 is 1.33 bits per heavy atom. The van der Waals surface area contributed by atoms with Crippen LogP contribution in [0.1, 0.15) is 41.4 Å². The van der Waals surface area contributed by atoms with Gasteiger partial charge in [-0.3, -0.25) is 9.69 Å². The summed E-state index contributed by atoms with van der Waals surface area (Å²) in [5.74, 6) is 0.799. The predicted molar refractivity (Wildman–Crippen MR) is 88.0 cm³/mol. The van der Waals surface area contributed by atoms with E-state index in [0.29, 0.717) is 30.4 Å². The zero-order valence-electron chi connectivity index (χ0n) is 14.7. The maximum Gasteiger partial charge on any atom is 0.325 e. The van der Waals surface area contributed by atoms with Crippen LogP contribution < -0.4 is 4.74 Å². The number of benzene rings is 1. The molecule has 0 aliphatic carbocycles. The molecule has 0 fully saturated rings. The van der Waals surface area contributed by atoms with Crippen LogP contribution in [0.3, 0.4) is 0 Å². The highest BCUT2D eigenvalue weighted by molar-refractivity contribution is 5.76. The SMILES string of the molecule is CCN(Cc1noc(C)n1)C(C(=O)O)c1cc(C)c(OC)c(C)c1. The summed E-state index contributed by atoms with van der Waals surface area (Å²) in [4.78, 5) is 17.9. The third kappa shape index (κ3) is 3.73. The number of hydrogen-bond donors (Lipinski definition) is 1. The van der Waals surface area contributed by atoms with E-state index in [9.17, 15) is 9.90 Å². The molecule has 0 radical (unpaired) electrons. The molecule has 1 heterocycles. The van der Waals surface area contributed by atoms with Gasteiger partial charge in [0.1, 0.15) is 11.8 Å². The second-order valence-electron chi connectivity index (χ2n) is 5.72. The summed E-state index contributed by atoms with van der Waals surface area (Å²) in [7, 11) is 1.61. The molecule has 1 aromatic carbocycles. The lowest BCUT2D eigenvalue weighted by Gasteiger charge is -2.27. The number of ether oxygens (including phenoxy) is 1. The highest BCUT2D eigenvalue weighted by Crippen LogP contribution is 2.30. The van der Waals surface area contributed by atoms with Gasteiger partial charge in [-0.15, -0.1) is 0 Å². The van der Waals surface area contributed by atoms with Crippen LogP contribution in [0.4, 0.5) is 0 Å². The molecular formula is C17H23N3O4. The summed E-state index contributed by atoms with van der Waals surface area (Å²) < 4.78 is 10.3. The Labute approximate surface area is 141 Å². The van der Waals surface area contributed by atoms with Crippen molar-refractivity contribution in [3.63, 3.8) is 0 Å². The molecule has 24 heavy (non-hydrogen) atoms. The number of aliphatic carboxylic acids is 1. The van der Waals surface area contributed by atoms with Gasteiger partial charge in [0.15, 0.2) is 5.82 Å². The van der Waals surface area contributed by atoms with E-state index in [1.54, 1.807) is 18.9 Å². The number of rotatable bonds is 7. The van der Waals surface area contributed by atoms with Gasteiger partial charge in [-0.05, 0) is 37.1 Å². The van der Waals surface area contributed by atoms with Crippen LogP contribution in [0.5, 0.6) is 5.75 Å². The second kappa shape index (κ2) is 7.44. The average Bonchev–Trinajstić information content (AvgIpc) is 2.91. The first kappa shape index (κ1) is 17.9. The summed E-state index contributed by atoms with van der Waals surface area (Å²) in [6.45, 7) is 8.27. The molecule has 1 N–H and O–H groups in total. The standard InChI is InChI=1S/C17H23N3O4/c1-6-20(9-14-18-12(4)24-19-14)15(17(21)22)13-7-10(2)16(23-5)11(3)8-13/h7-8,15H,6,9H2,1-5H3,(H,21,22). The normalized spacial score (nSPS) is 12.4. The molecular weight excluding hydrogens is 310 g/mol. The van der Waals surface area contributed by atoms with Gasteiger partial charge in [0, 0.05) is 6.92 Å². The monoisotopic (exact) mass is 333 g/mol. The molecule has 1 aromatic heterocycles. The number of carbonyl (C=O) groups is 1. The van der Waals surface area contributed by atoms with Gasteiger partial charge >= 0.3 is 5.97 Å². The zero-order chi connectivity index (χ0) is 17.9. The quantitative estimate of drug-likeness (QED) is 0.833. The summed E-state index contributed by atoms with van der Waals surface area (Å²) >= 11 is 0. The minimum Gasteiger partial charge on any atom is -0.496 e. The Morgan fingerprint density at radius 3 is 2.38 bits per heavy atom. The average molecular weight is 333 g/mol. The van der Waals surface area contributed by atoms with Crippen LogP contribution in [-0.4, -0.2) is 39.8 Å². The van der Waals surface area contributed by atoms with Crippen molar-refractivity contribution in [3.8, 4) is 5.75 Å². The van der Waals surface area contributed by atoms with Crippen molar-refractivity contribution >= 4 is 5.97 Å². The van der Waals surface area contributed by atoms with Crippen LogP contribution in [0.15, 0.2) is 16.7 Å². The molecule has 7 heteroatoms. The fourth-order valence-corrected chi connectivity index (χ4v) is 2.95. The molecule has 0 aliphatic rings. The van der Waals surface area contributed by atoms with Gasteiger partial charge in [0.25, 0.3) is 0 Å². The van der Waals surface area contributed by atoms with Gasteiger partial charge in [0.2, 0.25) is 5.89 Å². The summed E-state index contributed by atoms with van der Waals surface area (Å²) in [5.41, 5.74) is 2.52. The van der Waals surface area contributed by atoms with Crippen LogP contribution in [0, 0.1) is 20.8 Å². The van der Waals surface area contributed by atoms with E-state index in [2.05, 4.69) is 10.1 Å². The number of methoxy groups -OCH3 is 1. The first-order valence-corrected chi connectivity index (χ1v) is 7.78. The summed E-state index contributed by atoms with van der Waals surface area (Å²) in [6, 6.07) is 2.92. The van der Waals surface area contributed by atoms with E-state index in [-0.39, 0.29) is 0 Å². The number of carboxylic acid groups (broad SMARTS) is 1. The molecule has 0 saturated carbocycles. The molecule has 0 bridgehead atoms. The van der Waals surface area contributed by atoms with Crippen molar-refractivity contribution in [3.05, 3.63) is 40.5 Å². The van der Waals surface area contributed by atoms with Crippen LogP contribution >= 0.6 is 0 Å². The van der Waals surface area contributed by atoms with Gasteiger partial charge in [-0.2, -0.15) is 4.98 Å². The van der Waals surface area contributed by atoms with Crippen molar-refractivity contribution in [1.29, 1.82) is 0 Å². The predicted octanol–water partition coefficient (Wildman–Crippen LogP) is 2.65. The van der Waals surface area contributed by atoms with Crippen molar-refractivity contribution in [2.24, 2.45) is 0 Å². The topological polar surface area (TPSA) is 88.7 Å². The Bertz CT molecular complexity index is 703. The Morgan fingerprint density at radius 2 is 1.96 bits per heavy atom. The van der Waals surface area contributed by atoms with Gasteiger partial charge in [-0.1, -0.05) is 24.2 Å². The molecule has 7 nitrogen and oxygen atoms in total. The number of likely N-dealkylation sites (N-methyl/N-ethyl adjacent to an activating group) is 1. The largest absolute Gasteiger partial charge is 0.496 e. The van der Waals surface area contributed by atoms with Gasteiger partial charge < -0.3 is 14.4 Å². The number of aromatic nitrogens is 2. The number of hydrogen-bond acceptors (Lipinski definition) is 6. The fraction of sp³-hybridized carbons (Fsp3) is 0.471. The van der Waals surface area contributed by atoms with Crippen molar-refractivity contribution in [2.75, 3.05) is 13.7 Å². The van der Waals surface area contributed by atoms with E-state index >= 15 is 0 Å². The Balaban J connectivity index is 2.38. The zero-order valence-corrected chi connectivity index (χ0v) is 14.7. The van der Waals surface area contributed by atoms with Crippen molar-refractivity contribution in [2.45, 2.75) is 40.3 Å². The van der Waals surface area contributed by atoms with Crippen LogP contribution in [0.25, 0.3) is 0 Å². The summed E-state index contributed by atoms with van der Waals surface area (Å²) in [5, 5.41) is 13.6. The molecule has 0 amide bonds. The lowest BCUT2D eigenvalue weighted by Crippen LogP contribution is -2.34. The van der Waals surface area contributed by atoms with E-state index in [1.165, 1.54) is 0 Å². The molecule has 0 aliphatic heterocycles. The van der Waals surface area contributed by atoms with E-state index in [0.717, 1.165) is 16.9 Å². The minimum atomic E-state index is -0.916. The summed E-state index contributed by atoms with van der Waals surface area (Å²) in [6.07, 6.45) is 0. The van der Waals surface area contributed by atoms with E-state index in [1.807, 2.05) is 32.9 Å². The molecule has 1 atom stereocenters. The van der Waals surface area contributed by atoms with E-state index < -0.39 is 12.0 Å². The van der Waals surface area contributed by atoms with Crippen LogP contribution in [-0.2, 0) is 11.3 Å². The molecule has 130 valence electrons. The van der Waals surface area contributed by atoms with Gasteiger partial charge in [-0.25, -0.2) is 0 Å². The van der Waals surface area contributed by atoms with Crippen molar-refractivity contribution in [1.82, 2.24) is 15.0 Å². The lowest BCUT2D eigenvalue weighted by molar-refractivity contribution is -0.143. The lowest BCUT2D eigenvalue weighted by atomic mass is 9.99. The van der Waals surface area contributed by atoms with Crippen molar-refractivity contribution < 1.29 is 19.2 Å². The number of aryl methyl sites for hydroxylation is 3. The molecule has 1 unspecified atom stereocenters. The highest BCUT2D eigenvalue weighted by Gasteiger charge is 2.28. The number of nitrogens with zero attached hydrogens (tertiary/aromatic N) is 3. The molecule has 0 saturated heterocycles.